The van der Waals surface area contributed by atoms with Gasteiger partial charge in [0.2, 0.25) is 0 Å². The molecule has 0 spiro atoms. The van der Waals surface area contributed by atoms with Crippen LogP contribution in [0.5, 0.6) is 11.5 Å². The quantitative estimate of drug-likeness (QED) is 0.224. The highest BCUT2D eigenvalue weighted by atomic mass is 16.5. The normalized spacial score (nSPS) is 13.2. The van der Waals surface area contributed by atoms with Crippen molar-refractivity contribution >= 4 is 5.78 Å². The largest absolute Gasteiger partial charge is 0.497 e. The van der Waals surface area contributed by atoms with Crippen LogP contribution in [-0.2, 0) is 22.6 Å². The Labute approximate surface area is 257 Å². The fraction of sp³-hybridized carbons (Fsp3) is 0.649. The molecule has 0 saturated carbocycles. The molecule has 0 saturated heterocycles. The van der Waals surface area contributed by atoms with Crippen LogP contribution in [0.4, 0.5) is 0 Å². The highest BCUT2D eigenvalue weighted by Crippen LogP contribution is 2.37. The molecule has 5 nitrogen and oxygen atoms in total. The number of ether oxygens (including phenoxy) is 3. The lowest BCUT2D eigenvalue weighted by Gasteiger charge is -2.39. The molecule has 0 aliphatic rings. The van der Waals surface area contributed by atoms with Crippen LogP contribution in [0.1, 0.15) is 106 Å². The minimum Gasteiger partial charge on any atom is -0.497 e. The zero-order valence-electron chi connectivity index (χ0n) is 28.7. The highest BCUT2D eigenvalue weighted by molar-refractivity contribution is 5.88. The Hall–Kier alpha value is -2.37. The number of carbonyl (C=O) groups is 1. The van der Waals surface area contributed by atoms with Crippen molar-refractivity contribution in [3.8, 4) is 11.5 Å². The van der Waals surface area contributed by atoms with Crippen molar-refractivity contribution in [1.29, 1.82) is 0 Å². The van der Waals surface area contributed by atoms with Crippen LogP contribution >= 0.6 is 0 Å². The van der Waals surface area contributed by atoms with Crippen molar-refractivity contribution in [2.45, 2.75) is 114 Å². The van der Waals surface area contributed by atoms with Crippen molar-refractivity contribution in [1.82, 2.24) is 0 Å². The molecule has 0 bridgehead atoms. The molecule has 0 heterocycles. The molecule has 2 rings (SSSR count). The van der Waals surface area contributed by atoms with Crippen LogP contribution in [-0.4, -0.2) is 37.8 Å². The first-order valence-electron chi connectivity index (χ1n) is 15.4. The summed E-state index contributed by atoms with van der Waals surface area (Å²) in [7, 11) is 3.36. The molecule has 1 atom stereocenters. The zero-order chi connectivity index (χ0) is 32.2. The van der Waals surface area contributed by atoms with E-state index in [1.165, 1.54) is 5.56 Å². The Morgan fingerprint density at radius 2 is 1.29 bits per heavy atom. The summed E-state index contributed by atoms with van der Waals surface area (Å²) in [5.74, 6) is 2.04. The van der Waals surface area contributed by atoms with E-state index in [9.17, 15) is 9.90 Å². The second-order valence-electron chi connectivity index (χ2n) is 14.9. The van der Waals surface area contributed by atoms with Crippen LogP contribution in [0.25, 0.3) is 0 Å². The van der Waals surface area contributed by atoms with E-state index in [2.05, 4.69) is 46.8 Å². The van der Waals surface area contributed by atoms with Crippen LogP contribution in [0.3, 0.4) is 0 Å². The summed E-state index contributed by atoms with van der Waals surface area (Å²) in [6, 6.07) is 16.1. The van der Waals surface area contributed by atoms with E-state index in [0.717, 1.165) is 49.2 Å². The Kier molecular flexibility index (Phi) is 14.8. The van der Waals surface area contributed by atoms with Crippen molar-refractivity contribution in [3.05, 3.63) is 59.7 Å². The summed E-state index contributed by atoms with van der Waals surface area (Å²) < 4.78 is 16.1. The Bertz CT molecular complexity index is 1070. The second kappa shape index (κ2) is 16.5. The van der Waals surface area contributed by atoms with Gasteiger partial charge in [-0.3, -0.25) is 4.79 Å². The van der Waals surface area contributed by atoms with E-state index in [4.69, 9.17) is 14.2 Å². The van der Waals surface area contributed by atoms with Crippen LogP contribution in [0.15, 0.2) is 48.5 Å². The monoisotopic (exact) mass is 584 g/mol. The van der Waals surface area contributed by atoms with Crippen LogP contribution in [0.2, 0.25) is 0 Å². The second-order valence-corrected chi connectivity index (χ2v) is 14.9. The van der Waals surface area contributed by atoms with Crippen molar-refractivity contribution in [3.63, 3.8) is 0 Å². The number of ketones is 1. The van der Waals surface area contributed by atoms with Crippen LogP contribution < -0.4 is 9.47 Å². The predicted octanol–water partition coefficient (Wildman–Crippen LogP) is 9.08. The lowest BCUT2D eigenvalue weighted by molar-refractivity contribution is -0.136. The number of carbonyl (C=O) groups excluding carboxylic acids is 1. The molecule has 1 unspecified atom stereocenters. The fourth-order valence-electron chi connectivity index (χ4n) is 5.45. The van der Waals surface area contributed by atoms with Gasteiger partial charge in [0.05, 0.1) is 26.9 Å². The van der Waals surface area contributed by atoms with E-state index >= 15 is 0 Å². The van der Waals surface area contributed by atoms with Crippen molar-refractivity contribution < 1.29 is 24.1 Å². The molecule has 238 valence electrons. The molecular weight excluding hydrogens is 524 g/mol. The van der Waals surface area contributed by atoms with Gasteiger partial charge in [0, 0.05) is 17.4 Å². The number of hydrogen-bond donors (Lipinski definition) is 1. The molecule has 0 aromatic heterocycles. The standard InChI is InChI=1S/C19H32O2.C18H28O3/c1-18(2,3)17(20)19(4,5)13-8-7-10-15-11-9-12-16(14-15)21-6;1-17(2,3)16(19)18(4,5)10-11-21-13-14-8-7-9-15(12-14)20-6/h9,11-12,14,17,20H,7-8,10,13H2,1-6H3;7-9,12H,10-11,13H2,1-6H3. The topological polar surface area (TPSA) is 65.0 Å². The van der Waals surface area contributed by atoms with Gasteiger partial charge >= 0.3 is 0 Å². The summed E-state index contributed by atoms with van der Waals surface area (Å²) in [5, 5.41) is 10.5. The molecule has 2 aromatic carbocycles. The molecule has 0 radical (unpaired) electrons. The number of methoxy groups -OCH3 is 2. The van der Waals surface area contributed by atoms with Crippen molar-refractivity contribution in [2.75, 3.05) is 20.8 Å². The van der Waals surface area contributed by atoms with Gasteiger partial charge in [-0.25, -0.2) is 0 Å². The van der Waals surface area contributed by atoms with E-state index in [0.29, 0.717) is 13.2 Å². The summed E-state index contributed by atoms with van der Waals surface area (Å²) in [6.45, 7) is 21.7. The van der Waals surface area contributed by atoms with Gasteiger partial charge in [-0.05, 0) is 71.9 Å². The molecular formula is C37H60O5. The number of rotatable bonds is 14. The lowest BCUT2D eigenvalue weighted by Crippen LogP contribution is -2.39. The van der Waals surface area contributed by atoms with Gasteiger partial charge in [-0.1, -0.05) is 99.9 Å². The number of unbranched alkanes of at least 4 members (excludes halogenated alkanes) is 1. The van der Waals surface area contributed by atoms with Gasteiger partial charge in [0.1, 0.15) is 17.3 Å². The third-order valence-electron chi connectivity index (χ3n) is 7.80. The Morgan fingerprint density at radius 1 is 0.762 bits per heavy atom. The first-order valence-corrected chi connectivity index (χ1v) is 15.4. The van der Waals surface area contributed by atoms with E-state index in [-0.39, 0.29) is 33.5 Å². The van der Waals surface area contributed by atoms with Gasteiger partial charge in [-0.2, -0.15) is 0 Å². The zero-order valence-corrected chi connectivity index (χ0v) is 28.7. The third-order valence-corrected chi connectivity index (χ3v) is 7.80. The maximum Gasteiger partial charge on any atom is 0.143 e. The average molecular weight is 585 g/mol. The molecule has 1 N–H and O–H groups in total. The number of Topliss-reactive ketones (excluding diaryl/α,β-unsaturated/α-hetero) is 1. The van der Waals surface area contributed by atoms with Gasteiger partial charge in [0.25, 0.3) is 0 Å². The van der Waals surface area contributed by atoms with Gasteiger partial charge in [0.15, 0.2) is 0 Å². The Balaban J connectivity index is 0.000000420. The van der Waals surface area contributed by atoms with E-state index < -0.39 is 0 Å². The molecule has 0 aliphatic heterocycles. The van der Waals surface area contributed by atoms with E-state index in [1.54, 1.807) is 14.2 Å². The van der Waals surface area contributed by atoms with Gasteiger partial charge in [-0.15, -0.1) is 0 Å². The Morgan fingerprint density at radius 3 is 1.79 bits per heavy atom. The summed E-state index contributed by atoms with van der Waals surface area (Å²) in [6.07, 6.45) is 4.86. The van der Waals surface area contributed by atoms with Gasteiger partial charge < -0.3 is 19.3 Å². The SMILES string of the molecule is COc1cccc(CCCCC(C)(C)C(O)C(C)(C)C)c1.COc1cccc(COCCC(C)(C)C(=O)C(C)(C)C)c1. The molecule has 0 amide bonds. The summed E-state index contributed by atoms with van der Waals surface area (Å²) in [5.41, 5.74) is 1.64. The molecule has 5 heteroatoms. The highest BCUT2D eigenvalue weighted by Gasteiger charge is 2.36. The van der Waals surface area contributed by atoms with E-state index in [1.807, 2.05) is 71.0 Å². The lowest BCUT2D eigenvalue weighted by atomic mass is 9.70. The summed E-state index contributed by atoms with van der Waals surface area (Å²) >= 11 is 0. The maximum absolute atomic E-state index is 12.4. The van der Waals surface area contributed by atoms with Crippen LogP contribution in [0, 0.1) is 21.7 Å². The number of hydrogen-bond acceptors (Lipinski definition) is 5. The molecule has 0 fully saturated rings. The molecule has 0 aliphatic carbocycles. The number of aryl methyl sites for hydroxylation is 1. The van der Waals surface area contributed by atoms with Crippen molar-refractivity contribution in [2.24, 2.45) is 21.7 Å². The first-order chi connectivity index (χ1) is 19.3. The number of benzene rings is 2. The minimum absolute atomic E-state index is 0.0351. The molecule has 2 aromatic rings. The first kappa shape index (κ1) is 37.7. The smallest absolute Gasteiger partial charge is 0.143 e. The minimum atomic E-state index is -0.355. The molecule has 42 heavy (non-hydrogen) atoms. The number of aliphatic hydroxyl groups is 1. The third kappa shape index (κ3) is 13.3. The fourth-order valence-corrected chi connectivity index (χ4v) is 5.45. The average Bonchev–Trinajstić information content (AvgIpc) is 2.92. The summed E-state index contributed by atoms with van der Waals surface area (Å²) in [4.78, 5) is 12.4. The predicted molar refractivity (Wildman–Crippen MR) is 175 cm³/mol. The maximum atomic E-state index is 12.4. The number of aliphatic hydroxyl groups excluding tert-OH is 1.